The zero-order valence-corrected chi connectivity index (χ0v) is 11.8. The second-order valence-corrected chi connectivity index (χ2v) is 5.87. The van der Waals surface area contributed by atoms with Gasteiger partial charge in [0.15, 0.2) is 0 Å². The summed E-state index contributed by atoms with van der Waals surface area (Å²) >= 11 is 0. The van der Waals surface area contributed by atoms with Crippen LogP contribution >= 0.6 is 0 Å². The molecule has 21 heavy (non-hydrogen) atoms. The molecule has 3 heteroatoms. The first kappa shape index (κ1) is 12.6. The van der Waals surface area contributed by atoms with Gasteiger partial charge in [0.05, 0.1) is 0 Å². The SMILES string of the molecule is O=C(c1ccccc1)N1CC2CNCC2c2ccccc21. The van der Waals surface area contributed by atoms with Crippen LogP contribution in [0.3, 0.4) is 0 Å². The van der Waals surface area contributed by atoms with E-state index in [1.165, 1.54) is 5.56 Å². The largest absolute Gasteiger partial charge is 0.316 e. The molecule has 2 atom stereocenters. The normalized spacial score (nSPS) is 23.5. The van der Waals surface area contributed by atoms with E-state index in [1.807, 2.05) is 41.3 Å². The highest BCUT2D eigenvalue weighted by atomic mass is 16.2. The summed E-state index contributed by atoms with van der Waals surface area (Å²) in [5, 5.41) is 3.47. The highest BCUT2D eigenvalue weighted by molar-refractivity contribution is 6.06. The highest BCUT2D eigenvalue weighted by Crippen LogP contribution is 2.40. The van der Waals surface area contributed by atoms with Crippen LogP contribution in [0.25, 0.3) is 0 Å². The van der Waals surface area contributed by atoms with E-state index in [-0.39, 0.29) is 5.91 Å². The fraction of sp³-hybridized carbons (Fsp3) is 0.278. The van der Waals surface area contributed by atoms with Crippen molar-refractivity contribution in [3.05, 3.63) is 65.7 Å². The predicted molar refractivity (Wildman–Crippen MR) is 83.7 cm³/mol. The molecule has 106 valence electrons. The molecular weight excluding hydrogens is 260 g/mol. The Bertz CT molecular complexity index is 668. The quantitative estimate of drug-likeness (QED) is 0.869. The Kier molecular flexibility index (Phi) is 3.00. The van der Waals surface area contributed by atoms with E-state index in [9.17, 15) is 4.79 Å². The molecule has 0 saturated carbocycles. The minimum atomic E-state index is 0.105. The molecule has 2 aromatic rings. The highest BCUT2D eigenvalue weighted by Gasteiger charge is 2.38. The molecule has 2 aliphatic rings. The lowest BCUT2D eigenvalue weighted by atomic mass is 9.83. The number of carbonyl (C=O) groups is 1. The van der Waals surface area contributed by atoms with Crippen molar-refractivity contribution in [3.8, 4) is 0 Å². The minimum Gasteiger partial charge on any atom is -0.316 e. The van der Waals surface area contributed by atoms with Gasteiger partial charge in [-0.3, -0.25) is 4.79 Å². The lowest BCUT2D eigenvalue weighted by Gasteiger charge is -2.36. The zero-order valence-electron chi connectivity index (χ0n) is 11.8. The van der Waals surface area contributed by atoms with Gasteiger partial charge in [0.1, 0.15) is 0 Å². The van der Waals surface area contributed by atoms with Crippen LogP contribution in [0.2, 0.25) is 0 Å². The molecule has 0 spiro atoms. The number of amides is 1. The van der Waals surface area contributed by atoms with E-state index in [1.54, 1.807) is 0 Å². The summed E-state index contributed by atoms with van der Waals surface area (Å²) in [6, 6.07) is 17.9. The van der Waals surface area contributed by atoms with Gasteiger partial charge >= 0.3 is 0 Å². The summed E-state index contributed by atoms with van der Waals surface area (Å²) in [5.74, 6) is 1.17. The molecule has 0 aromatic heterocycles. The summed E-state index contributed by atoms with van der Waals surface area (Å²) < 4.78 is 0. The molecule has 1 N–H and O–H groups in total. The van der Waals surface area contributed by atoms with Gasteiger partial charge in [-0.25, -0.2) is 0 Å². The summed E-state index contributed by atoms with van der Waals surface area (Å²) in [6.45, 7) is 2.83. The van der Waals surface area contributed by atoms with Crippen LogP contribution in [0.5, 0.6) is 0 Å². The second kappa shape index (κ2) is 5.01. The van der Waals surface area contributed by atoms with Crippen molar-refractivity contribution >= 4 is 11.6 Å². The van der Waals surface area contributed by atoms with Crippen LogP contribution in [-0.2, 0) is 0 Å². The lowest BCUT2D eigenvalue weighted by Crippen LogP contribution is -2.41. The number of para-hydroxylation sites is 1. The summed E-state index contributed by atoms with van der Waals surface area (Å²) in [4.78, 5) is 14.8. The van der Waals surface area contributed by atoms with Gasteiger partial charge < -0.3 is 10.2 Å². The number of hydrogen-bond acceptors (Lipinski definition) is 2. The molecule has 3 nitrogen and oxygen atoms in total. The van der Waals surface area contributed by atoms with Gasteiger partial charge in [0, 0.05) is 36.8 Å². The number of rotatable bonds is 1. The third-order valence-electron chi connectivity index (χ3n) is 4.65. The number of benzene rings is 2. The summed E-state index contributed by atoms with van der Waals surface area (Å²) in [7, 11) is 0. The maximum Gasteiger partial charge on any atom is 0.258 e. The van der Waals surface area contributed by atoms with Crippen LogP contribution in [-0.4, -0.2) is 25.5 Å². The maximum absolute atomic E-state index is 12.9. The first-order valence-electron chi connectivity index (χ1n) is 7.51. The van der Waals surface area contributed by atoms with E-state index >= 15 is 0 Å². The van der Waals surface area contributed by atoms with Crippen LogP contribution in [0, 0.1) is 5.92 Å². The Morgan fingerprint density at radius 3 is 2.62 bits per heavy atom. The third-order valence-corrected chi connectivity index (χ3v) is 4.65. The van der Waals surface area contributed by atoms with Crippen molar-refractivity contribution in [3.63, 3.8) is 0 Å². The molecular formula is C18H18N2O. The molecule has 0 bridgehead atoms. The molecule has 1 amide bonds. The number of carbonyl (C=O) groups excluding carboxylic acids is 1. The Morgan fingerprint density at radius 1 is 1.00 bits per heavy atom. The Labute approximate surface area is 124 Å². The molecule has 0 radical (unpaired) electrons. The van der Waals surface area contributed by atoms with E-state index < -0.39 is 0 Å². The van der Waals surface area contributed by atoms with E-state index in [2.05, 4.69) is 23.5 Å². The lowest BCUT2D eigenvalue weighted by molar-refractivity contribution is 0.0980. The molecule has 1 fully saturated rings. The molecule has 2 unspecified atom stereocenters. The molecule has 1 saturated heterocycles. The standard InChI is InChI=1S/C18H18N2O/c21-18(13-6-2-1-3-7-13)20-12-14-10-19-11-16(14)15-8-4-5-9-17(15)20/h1-9,14,16,19H,10-12H2. The number of nitrogens with one attached hydrogen (secondary N) is 1. The number of hydrogen-bond donors (Lipinski definition) is 1. The van der Waals surface area contributed by atoms with Gasteiger partial charge in [-0.05, 0) is 29.7 Å². The Balaban J connectivity index is 1.76. The Morgan fingerprint density at radius 2 is 1.76 bits per heavy atom. The molecule has 4 rings (SSSR count). The number of fused-ring (bicyclic) bond motifs is 3. The smallest absolute Gasteiger partial charge is 0.258 e. The van der Waals surface area contributed by atoms with Gasteiger partial charge in [-0.15, -0.1) is 0 Å². The van der Waals surface area contributed by atoms with Crippen LogP contribution in [0.1, 0.15) is 21.8 Å². The van der Waals surface area contributed by atoms with Gasteiger partial charge in [-0.1, -0.05) is 36.4 Å². The fourth-order valence-corrected chi connectivity index (χ4v) is 3.60. The van der Waals surface area contributed by atoms with Crippen molar-refractivity contribution < 1.29 is 4.79 Å². The van der Waals surface area contributed by atoms with Gasteiger partial charge in [0.2, 0.25) is 0 Å². The molecule has 2 aliphatic heterocycles. The molecule has 0 aliphatic carbocycles. The van der Waals surface area contributed by atoms with E-state index in [0.29, 0.717) is 11.8 Å². The number of nitrogens with zero attached hydrogens (tertiary/aromatic N) is 1. The maximum atomic E-state index is 12.9. The van der Waals surface area contributed by atoms with Crippen LogP contribution < -0.4 is 10.2 Å². The topological polar surface area (TPSA) is 32.3 Å². The van der Waals surface area contributed by atoms with Crippen LogP contribution in [0.15, 0.2) is 54.6 Å². The van der Waals surface area contributed by atoms with Crippen molar-refractivity contribution in [2.75, 3.05) is 24.5 Å². The average molecular weight is 278 g/mol. The van der Waals surface area contributed by atoms with Gasteiger partial charge in [-0.2, -0.15) is 0 Å². The minimum absolute atomic E-state index is 0.105. The molecule has 2 aromatic carbocycles. The van der Waals surface area contributed by atoms with Crippen molar-refractivity contribution in [1.82, 2.24) is 5.32 Å². The Hall–Kier alpha value is -2.13. The van der Waals surface area contributed by atoms with Crippen LogP contribution in [0.4, 0.5) is 5.69 Å². The third kappa shape index (κ3) is 2.05. The average Bonchev–Trinajstić information content (AvgIpc) is 3.03. The summed E-state index contributed by atoms with van der Waals surface area (Å²) in [5.41, 5.74) is 3.15. The van der Waals surface area contributed by atoms with Gasteiger partial charge in [0.25, 0.3) is 5.91 Å². The summed E-state index contributed by atoms with van der Waals surface area (Å²) in [6.07, 6.45) is 0. The first-order valence-corrected chi connectivity index (χ1v) is 7.51. The van der Waals surface area contributed by atoms with E-state index in [4.69, 9.17) is 0 Å². The monoisotopic (exact) mass is 278 g/mol. The van der Waals surface area contributed by atoms with Crippen molar-refractivity contribution in [2.24, 2.45) is 5.92 Å². The van der Waals surface area contributed by atoms with E-state index in [0.717, 1.165) is 30.9 Å². The predicted octanol–water partition coefficient (Wildman–Crippen LogP) is 2.65. The molecule has 2 heterocycles. The van der Waals surface area contributed by atoms with Crippen molar-refractivity contribution in [1.29, 1.82) is 0 Å². The van der Waals surface area contributed by atoms with Crippen molar-refractivity contribution in [2.45, 2.75) is 5.92 Å². The number of anilines is 1. The first-order chi connectivity index (χ1) is 10.3. The zero-order chi connectivity index (χ0) is 14.2. The second-order valence-electron chi connectivity index (χ2n) is 5.87. The fourth-order valence-electron chi connectivity index (χ4n) is 3.60.